The molecule has 1 unspecified atom stereocenters. The summed E-state index contributed by atoms with van der Waals surface area (Å²) in [6.07, 6.45) is 4.90. The summed E-state index contributed by atoms with van der Waals surface area (Å²) in [4.78, 5) is 19.0. The van der Waals surface area contributed by atoms with Crippen LogP contribution in [0.3, 0.4) is 0 Å². The number of aliphatic hydroxyl groups excluding tert-OH is 1. The van der Waals surface area contributed by atoms with Gasteiger partial charge in [-0.1, -0.05) is 29.8 Å². The van der Waals surface area contributed by atoms with Crippen LogP contribution in [0.5, 0.6) is 0 Å². The number of aromatic nitrogens is 3. The van der Waals surface area contributed by atoms with Gasteiger partial charge in [-0.15, -0.1) is 0 Å². The van der Waals surface area contributed by atoms with Crippen LogP contribution in [0.15, 0.2) is 42.7 Å². The van der Waals surface area contributed by atoms with E-state index in [-0.39, 0.29) is 18.4 Å². The van der Waals surface area contributed by atoms with Crippen molar-refractivity contribution in [3.63, 3.8) is 0 Å². The quantitative estimate of drug-likeness (QED) is 0.766. The predicted octanol–water partition coefficient (Wildman–Crippen LogP) is 2.55. The third kappa shape index (κ3) is 3.18. The van der Waals surface area contributed by atoms with Gasteiger partial charge in [-0.3, -0.25) is 4.79 Å². The van der Waals surface area contributed by atoms with Gasteiger partial charge in [0, 0.05) is 49.1 Å². The van der Waals surface area contributed by atoms with Crippen molar-refractivity contribution < 1.29 is 9.90 Å². The van der Waals surface area contributed by atoms with Gasteiger partial charge in [0.05, 0.1) is 0 Å². The second-order valence-electron chi connectivity index (χ2n) is 6.53. The van der Waals surface area contributed by atoms with Crippen molar-refractivity contribution in [1.82, 2.24) is 19.5 Å². The lowest BCUT2D eigenvalue weighted by atomic mass is 9.98. The molecule has 3 heterocycles. The smallest absolute Gasteiger partial charge is 0.274 e. The fraction of sp³-hybridized carbons (Fsp3) is 0.316. The van der Waals surface area contributed by atoms with E-state index in [1.165, 1.54) is 0 Å². The van der Waals surface area contributed by atoms with Crippen LogP contribution in [0.4, 0.5) is 0 Å². The van der Waals surface area contributed by atoms with E-state index in [9.17, 15) is 4.79 Å². The summed E-state index contributed by atoms with van der Waals surface area (Å²) in [7, 11) is 0. The van der Waals surface area contributed by atoms with Crippen LogP contribution in [0, 0.1) is 0 Å². The maximum atomic E-state index is 12.8. The maximum absolute atomic E-state index is 12.8. The minimum absolute atomic E-state index is 0.0530. The summed E-state index contributed by atoms with van der Waals surface area (Å²) in [5.41, 5.74) is 2.98. The Bertz CT molecular complexity index is 956. The number of hydrogen-bond donors (Lipinski definition) is 1. The Morgan fingerprint density at radius 2 is 2.19 bits per heavy atom. The highest BCUT2D eigenvalue weighted by atomic mass is 35.5. The third-order valence-corrected chi connectivity index (χ3v) is 5.15. The Hall–Kier alpha value is -2.44. The van der Waals surface area contributed by atoms with Gasteiger partial charge in [0.25, 0.3) is 5.91 Å². The van der Waals surface area contributed by atoms with Gasteiger partial charge >= 0.3 is 0 Å². The average molecular weight is 371 g/mol. The number of carbonyl (C=O) groups excluding carboxylic acids is 1. The van der Waals surface area contributed by atoms with Crippen LogP contribution < -0.4 is 0 Å². The first-order valence-corrected chi connectivity index (χ1v) is 9.02. The first kappa shape index (κ1) is 17.0. The Kier molecular flexibility index (Phi) is 4.61. The molecule has 0 saturated carbocycles. The van der Waals surface area contributed by atoms with E-state index in [1.54, 1.807) is 23.0 Å². The van der Waals surface area contributed by atoms with Gasteiger partial charge in [-0.25, -0.2) is 9.50 Å². The average Bonchev–Trinajstić information content (AvgIpc) is 3.28. The van der Waals surface area contributed by atoms with Crippen molar-refractivity contribution in [2.24, 2.45) is 0 Å². The molecule has 1 saturated heterocycles. The lowest BCUT2D eigenvalue weighted by Crippen LogP contribution is -2.28. The molecule has 1 aliphatic heterocycles. The van der Waals surface area contributed by atoms with E-state index in [0.717, 1.165) is 22.6 Å². The first-order valence-electron chi connectivity index (χ1n) is 8.64. The van der Waals surface area contributed by atoms with Gasteiger partial charge in [0.15, 0.2) is 11.3 Å². The van der Waals surface area contributed by atoms with E-state index in [4.69, 9.17) is 16.7 Å². The second kappa shape index (κ2) is 7.05. The van der Waals surface area contributed by atoms with Crippen molar-refractivity contribution in [3.05, 3.63) is 64.6 Å². The van der Waals surface area contributed by atoms with Crippen LogP contribution in [-0.2, 0) is 6.42 Å². The molecule has 1 fully saturated rings. The second-order valence-corrected chi connectivity index (χ2v) is 6.93. The molecule has 6 nitrogen and oxygen atoms in total. The summed E-state index contributed by atoms with van der Waals surface area (Å²) >= 11 is 6.30. The van der Waals surface area contributed by atoms with Gasteiger partial charge in [0.1, 0.15) is 0 Å². The number of aliphatic hydroxyl groups is 1. The minimum Gasteiger partial charge on any atom is -0.396 e. The summed E-state index contributed by atoms with van der Waals surface area (Å²) < 4.78 is 1.60. The van der Waals surface area contributed by atoms with Crippen LogP contribution >= 0.6 is 11.6 Å². The fourth-order valence-electron chi connectivity index (χ4n) is 3.44. The molecule has 4 rings (SSSR count). The zero-order valence-electron chi connectivity index (χ0n) is 14.2. The van der Waals surface area contributed by atoms with Gasteiger partial charge < -0.3 is 10.0 Å². The summed E-state index contributed by atoms with van der Waals surface area (Å²) in [5, 5.41) is 14.2. The lowest BCUT2D eigenvalue weighted by molar-refractivity contribution is 0.0784. The largest absolute Gasteiger partial charge is 0.396 e. The number of halogens is 1. The van der Waals surface area contributed by atoms with Crippen molar-refractivity contribution in [2.75, 3.05) is 19.7 Å². The van der Waals surface area contributed by atoms with Crippen LogP contribution in [0.1, 0.15) is 34.0 Å². The third-order valence-electron chi connectivity index (χ3n) is 4.81. The lowest BCUT2D eigenvalue weighted by Gasteiger charge is -2.16. The molecule has 0 bridgehead atoms. The van der Waals surface area contributed by atoms with Crippen molar-refractivity contribution in [3.8, 4) is 0 Å². The Balaban J connectivity index is 1.53. The molecular formula is C19H19ClN4O2. The molecule has 1 N–H and O–H groups in total. The number of carbonyl (C=O) groups is 1. The molecule has 26 heavy (non-hydrogen) atoms. The monoisotopic (exact) mass is 370 g/mol. The molecule has 2 aromatic heterocycles. The molecule has 1 aromatic carbocycles. The van der Waals surface area contributed by atoms with Crippen molar-refractivity contribution in [2.45, 2.75) is 18.8 Å². The highest BCUT2D eigenvalue weighted by Crippen LogP contribution is 2.32. The molecule has 7 heteroatoms. The number of amides is 1. The first-order chi connectivity index (χ1) is 12.7. The predicted molar refractivity (Wildman–Crippen MR) is 98.5 cm³/mol. The topological polar surface area (TPSA) is 70.7 Å². The molecule has 1 amide bonds. The maximum Gasteiger partial charge on any atom is 0.274 e. The van der Waals surface area contributed by atoms with Gasteiger partial charge in [-0.05, 0) is 30.0 Å². The number of hydrogen-bond acceptors (Lipinski definition) is 4. The molecule has 134 valence electrons. The number of fused-ring (bicyclic) bond motifs is 1. The molecule has 0 radical (unpaired) electrons. The Labute approximate surface area is 156 Å². The number of rotatable bonds is 4. The standard InChI is InChI=1S/C19H19ClN4O2/c20-16-4-2-1-3-15(16)14-5-7-23(12-14)19(26)17-9-18-21-10-13(6-8-25)11-24(18)22-17/h1-4,9-11,14,25H,5-8,12H2. The van der Waals surface area contributed by atoms with Gasteiger partial charge in [0.2, 0.25) is 0 Å². The normalized spacial score (nSPS) is 17.2. The summed E-state index contributed by atoms with van der Waals surface area (Å²) in [6.45, 7) is 1.38. The fourth-order valence-corrected chi connectivity index (χ4v) is 3.73. The molecule has 1 atom stereocenters. The van der Waals surface area contributed by atoms with Crippen molar-refractivity contribution in [1.29, 1.82) is 0 Å². The van der Waals surface area contributed by atoms with E-state index in [1.807, 2.05) is 29.2 Å². The molecular weight excluding hydrogens is 352 g/mol. The molecule has 1 aliphatic rings. The SMILES string of the molecule is O=C(c1cc2ncc(CCO)cn2n1)N1CCC(c2ccccc2Cl)C1. The Morgan fingerprint density at radius 1 is 1.35 bits per heavy atom. The van der Waals surface area contributed by atoms with Crippen LogP contribution in [0.25, 0.3) is 5.65 Å². The molecule has 0 spiro atoms. The highest BCUT2D eigenvalue weighted by molar-refractivity contribution is 6.31. The molecule has 3 aromatic rings. The van der Waals surface area contributed by atoms with Crippen LogP contribution in [-0.4, -0.2) is 50.2 Å². The van der Waals surface area contributed by atoms with E-state index in [2.05, 4.69) is 10.1 Å². The van der Waals surface area contributed by atoms with E-state index < -0.39 is 0 Å². The summed E-state index contributed by atoms with van der Waals surface area (Å²) in [6, 6.07) is 9.51. The number of benzene rings is 1. The summed E-state index contributed by atoms with van der Waals surface area (Å²) in [5.74, 6) is 0.160. The highest BCUT2D eigenvalue weighted by Gasteiger charge is 2.30. The van der Waals surface area contributed by atoms with E-state index >= 15 is 0 Å². The van der Waals surface area contributed by atoms with Crippen LogP contribution in [0.2, 0.25) is 5.02 Å². The minimum atomic E-state index is -0.0891. The van der Waals surface area contributed by atoms with Gasteiger partial charge in [-0.2, -0.15) is 5.10 Å². The van der Waals surface area contributed by atoms with Crippen molar-refractivity contribution >= 4 is 23.2 Å². The number of nitrogens with zero attached hydrogens (tertiary/aromatic N) is 4. The van der Waals surface area contributed by atoms with E-state index in [0.29, 0.717) is 30.9 Å². The zero-order chi connectivity index (χ0) is 18.1. The number of likely N-dealkylation sites (tertiary alicyclic amines) is 1. The Morgan fingerprint density at radius 3 is 3.00 bits per heavy atom. The molecule has 0 aliphatic carbocycles. The zero-order valence-corrected chi connectivity index (χ0v) is 14.9.